The SMILES string of the molecule is CC1(CNC(=O)c2ccccc2Br)CCCNC1.Cl. The summed E-state index contributed by atoms with van der Waals surface area (Å²) in [4.78, 5) is 12.1. The van der Waals surface area contributed by atoms with E-state index < -0.39 is 0 Å². The Balaban J connectivity index is 0.00000180. The number of hydrogen-bond donors (Lipinski definition) is 2. The molecule has 1 saturated heterocycles. The van der Waals surface area contributed by atoms with Crippen molar-refractivity contribution in [3.05, 3.63) is 34.3 Å². The molecule has 0 radical (unpaired) electrons. The van der Waals surface area contributed by atoms with Gasteiger partial charge in [-0.1, -0.05) is 19.1 Å². The molecule has 19 heavy (non-hydrogen) atoms. The van der Waals surface area contributed by atoms with Crippen LogP contribution >= 0.6 is 28.3 Å². The van der Waals surface area contributed by atoms with E-state index in [1.807, 2.05) is 24.3 Å². The van der Waals surface area contributed by atoms with Crippen molar-refractivity contribution in [2.75, 3.05) is 19.6 Å². The largest absolute Gasteiger partial charge is 0.351 e. The molecule has 1 aliphatic rings. The van der Waals surface area contributed by atoms with Gasteiger partial charge >= 0.3 is 0 Å². The fraction of sp³-hybridized carbons (Fsp3) is 0.500. The topological polar surface area (TPSA) is 41.1 Å². The molecular formula is C14H20BrClN2O. The molecule has 1 unspecified atom stereocenters. The van der Waals surface area contributed by atoms with Crippen LogP contribution in [0.3, 0.4) is 0 Å². The van der Waals surface area contributed by atoms with Crippen molar-refractivity contribution < 1.29 is 4.79 Å². The monoisotopic (exact) mass is 346 g/mol. The van der Waals surface area contributed by atoms with Crippen LogP contribution in [0.25, 0.3) is 0 Å². The summed E-state index contributed by atoms with van der Waals surface area (Å²) < 4.78 is 0.842. The molecule has 2 N–H and O–H groups in total. The summed E-state index contributed by atoms with van der Waals surface area (Å²) in [5, 5.41) is 6.43. The molecule has 0 saturated carbocycles. The fourth-order valence-electron chi connectivity index (χ4n) is 2.30. The van der Waals surface area contributed by atoms with Gasteiger partial charge in [0.2, 0.25) is 0 Å². The Morgan fingerprint density at radius 3 is 2.84 bits per heavy atom. The molecule has 0 aliphatic carbocycles. The molecule has 5 heteroatoms. The summed E-state index contributed by atoms with van der Waals surface area (Å²) in [6, 6.07) is 7.51. The van der Waals surface area contributed by atoms with Crippen LogP contribution in [0.15, 0.2) is 28.7 Å². The van der Waals surface area contributed by atoms with Crippen LogP contribution in [0.4, 0.5) is 0 Å². The van der Waals surface area contributed by atoms with E-state index in [1.54, 1.807) is 0 Å². The standard InChI is InChI=1S/C14H19BrN2O.ClH/c1-14(7-4-8-16-9-14)10-17-13(18)11-5-2-3-6-12(11)15;/h2-3,5-6,16H,4,7-10H2,1H3,(H,17,18);1H. The highest BCUT2D eigenvalue weighted by Gasteiger charge is 2.27. The molecule has 3 nitrogen and oxygen atoms in total. The Hall–Kier alpha value is -0.580. The smallest absolute Gasteiger partial charge is 0.252 e. The van der Waals surface area contributed by atoms with Crippen LogP contribution in [-0.4, -0.2) is 25.5 Å². The average Bonchev–Trinajstić information content (AvgIpc) is 2.38. The summed E-state index contributed by atoms with van der Waals surface area (Å²) in [7, 11) is 0. The Kier molecular flexibility index (Phi) is 6.30. The molecule has 0 spiro atoms. The third-order valence-electron chi connectivity index (χ3n) is 3.48. The van der Waals surface area contributed by atoms with Crippen molar-refractivity contribution in [3.63, 3.8) is 0 Å². The van der Waals surface area contributed by atoms with Gasteiger partial charge in [0, 0.05) is 17.6 Å². The Bertz CT molecular complexity index is 433. The van der Waals surface area contributed by atoms with Crippen LogP contribution in [0.1, 0.15) is 30.1 Å². The van der Waals surface area contributed by atoms with Gasteiger partial charge in [0.1, 0.15) is 0 Å². The number of hydrogen-bond acceptors (Lipinski definition) is 2. The number of nitrogens with one attached hydrogen (secondary N) is 2. The number of halogens is 2. The van der Waals surface area contributed by atoms with Crippen molar-refractivity contribution in [2.45, 2.75) is 19.8 Å². The first-order valence-corrected chi connectivity index (χ1v) is 7.13. The molecule has 1 aromatic carbocycles. The van der Waals surface area contributed by atoms with Crippen molar-refractivity contribution in [2.24, 2.45) is 5.41 Å². The van der Waals surface area contributed by atoms with Crippen molar-refractivity contribution >= 4 is 34.2 Å². The van der Waals surface area contributed by atoms with Crippen LogP contribution in [-0.2, 0) is 0 Å². The minimum atomic E-state index is -0.00530. The van der Waals surface area contributed by atoms with E-state index in [0.29, 0.717) is 5.56 Å². The first-order valence-electron chi connectivity index (χ1n) is 6.34. The second-order valence-electron chi connectivity index (χ2n) is 5.25. The molecule has 2 rings (SSSR count). The highest BCUT2D eigenvalue weighted by atomic mass is 79.9. The number of amides is 1. The van der Waals surface area contributed by atoms with Gasteiger partial charge in [-0.25, -0.2) is 0 Å². The van der Waals surface area contributed by atoms with Crippen LogP contribution in [0.2, 0.25) is 0 Å². The molecule has 1 amide bonds. The highest BCUT2D eigenvalue weighted by Crippen LogP contribution is 2.24. The summed E-state index contributed by atoms with van der Waals surface area (Å²) >= 11 is 3.40. The maximum absolute atomic E-state index is 12.1. The number of carbonyl (C=O) groups excluding carboxylic acids is 1. The van der Waals surface area contributed by atoms with Gasteiger partial charge in [0.15, 0.2) is 0 Å². The summed E-state index contributed by atoms with van der Waals surface area (Å²) in [5.41, 5.74) is 0.875. The summed E-state index contributed by atoms with van der Waals surface area (Å²) in [6.07, 6.45) is 2.34. The second kappa shape index (κ2) is 7.27. The molecule has 1 atom stereocenters. The maximum Gasteiger partial charge on any atom is 0.252 e. The minimum Gasteiger partial charge on any atom is -0.351 e. The Labute approximate surface area is 129 Å². The van der Waals surface area contributed by atoms with Gasteiger partial charge in [-0.05, 0) is 52.9 Å². The van der Waals surface area contributed by atoms with Crippen LogP contribution in [0.5, 0.6) is 0 Å². The molecule has 1 aliphatic heterocycles. The van der Waals surface area contributed by atoms with Gasteiger partial charge < -0.3 is 10.6 Å². The van der Waals surface area contributed by atoms with Crippen molar-refractivity contribution in [1.82, 2.24) is 10.6 Å². The van der Waals surface area contributed by atoms with E-state index in [0.717, 1.165) is 30.5 Å². The van der Waals surface area contributed by atoms with Gasteiger partial charge in [-0.2, -0.15) is 0 Å². The third kappa shape index (κ3) is 4.48. The molecular weight excluding hydrogens is 328 g/mol. The van der Waals surface area contributed by atoms with Crippen LogP contribution in [0, 0.1) is 5.41 Å². The molecule has 106 valence electrons. The Morgan fingerprint density at radius 1 is 1.47 bits per heavy atom. The van der Waals surface area contributed by atoms with E-state index in [4.69, 9.17) is 0 Å². The summed E-state index contributed by atoms with van der Waals surface area (Å²) in [6.45, 7) is 5.01. The van der Waals surface area contributed by atoms with Gasteiger partial charge in [0.25, 0.3) is 5.91 Å². The minimum absolute atomic E-state index is 0. The number of piperidine rings is 1. The number of benzene rings is 1. The van der Waals surface area contributed by atoms with E-state index in [1.165, 1.54) is 6.42 Å². The zero-order valence-electron chi connectivity index (χ0n) is 11.0. The molecule has 1 heterocycles. The lowest BCUT2D eigenvalue weighted by Gasteiger charge is -2.34. The maximum atomic E-state index is 12.1. The molecule has 1 aromatic rings. The quantitative estimate of drug-likeness (QED) is 0.882. The lowest BCUT2D eigenvalue weighted by Crippen LogP contribution is -2.45. The second-order valence-corrected chi connectivity index (χ2v) is 6.11. The number of carbonyl (C=O) groups is 1. The lowest BCUT2D eigenvalue weighted by atomic mass is 9.83. The van der Waals surface area contributed by atoms with Gasteiger partial charge in [0.05, 0.1) is 5.56 Å². The van der Waals surface area contributed by atoms with Crippen molar-refractivity contribution in [1.29, 1.82) is 0 Å². The van der Waals surface area contributed by atoms with E-state index >= 15 is 0 Å². The fourth-order valence-corrected chi connectivity index (χ4v) is 2.77. The molecule has 1 fully saturated rings. The normalized spacial score (nSPS) is 22.4. The van der Waals surface area contributed by atoms with Crippen LogP contribution < -0.4 is 10.6 Å². The van der Waals surface area contributed by atoms with E-state index in [-0.39, 0.29) is 23.7 Å². The van der Waals surface area contributed by atoms with Gasteiger partial charge in [-0.15, -0.1) is 12.4 Å². The van der Waals surface area contributed by atoms with E-state index in [2.05, 4.69) is 33.5 Å². The van der Waals surface area contributed by atoms with E-state index in [9.17, 15) is 4.79 Å². The lowest BCUT2D eigenvalue weighted by molar-refractivity contribution is 0.0924. The summed E-state index contributed by atoms with van der Waals surface area (Å²) in [5.74, 6) is -0.00530. The number of rotatable bonds is 3. The third-order valence-corrected chi connectivity index (χ3v) is 4.17. The first-order chi connectivity index (χ1) is 8.61. The first kappa shape index (κ1) is 16.5. The predicted octanol–water partition coefficient (Wildman–Crippen LogP) is 2.99. The van der Waals surface area contributed by atoms with Crippen molar-refractivity contribution in [3.8, 4) is 0 Å². The zero-order valence-corrected chi connectivity index (χ0v) is 13.4. The molecule has 0 aromatic heterocycles. The highest BCUT2D eigenvalue weighted by molar-refractivity contribution is 9.10. The van der Waals surface area contributed by atoms with Gasteiger partial charge in [-0.3, -0.25) is 4.79 Å². The molecule has 0 bridgehead atoms. The Morgan fingerprint density at radius 2 is 2.21 bits per heavy atom. The average molecular weight is 348 g/mol. The zero-order chi connectivity index (χ0) is 13.0. The predicted molar refractivity (Wildman–Crippen MR) is 83.9 cm³/mol.